The van der Waals surface area contributed by atoms with Crippen LogP contribution in [0.25, 0.3) is 22.3 Å². The van der Waals surface area contributed by atoms with Crippen LogP contribution in [0.15, 0.2) is 57.4 Å². The summed E-state index contributed by atoms with van der Waals surface area (Å²) in [7, 11) is 3.96. The number of likely N-dealkylation sites (N-methyl/N-ethyl adjacent to an activating group) is 1. The van der Waals surface area contributed by atoms with Gasteiger partial charge < -0.3 is 14.6 Å². The van der Waals surface area contributed by atoms with Crippen LogP contribution in [-0.4, -0.2) is 38.0 Å². The Morgan fingerprint density at radius 1 is 1.12 bits per heavy atom. The van der Waals surface area contributed by atoms with Crippen LogP contribution in [0.5, 0.6) is 0 Å². The summed E-state index contributed by atoms with van der Waals surface area (Å²) in [6.45, 7) is 1.37. The lowest BCUT2D eigenvalue weighted by atomic mass is 10.0. The van der Waals surface area contributed by atoms with E-state index in [-0.39, 0.29) is 5.91 Å². The van der Waals surface area contributed by atoms with Crippen LogP contribution in [0.4, 0.5) is 0 Å². The first-order valence-electron chi connectivity index (χ1n) is 7.77. The Kier molecular flexibility index (Phi) is 5.02. The summed E-state index contributed by atoms with van der Waals surface area (Å²) in [5.74, 6) is 0.471. The highest BCUT2D eigenvalue weighted by atomic mass is 79.9. The highest BCUT2D eigenvalue weighted by Crippen LogP contribution is 2.37. The summed E-state index contributed by atoms with van der Waals surface area (Å²) in [6.07, 6.45) is 0. The zero-order chi connectivity index (χ0) is 17.1. The topological polar surface area (TPSA) is 45.5 Å². The molecular formula is C19H19BrN2O2. The second-order valence-electron chi connectivity index (χ2n) is 5.84. The standard InChI is InChI=1S/C19H19BrN2O2/c1-22(2)12-11-21-19(23)17-14-8-4-6-10-16(14)24-18(17)13-7-3-5-9-15(13)20/h3-10H,11-12H2,1-2H3,(H,21,23). The van der Waals surface area contributed by atoms with Crippen molar-refractivity contribution in [2.75, 3.05) is 27.2 Å². The van der Waals surface area contributed by atoms with Crippen LogP contribution < -0.4 is 5.32 Å². The fraction of sp³-hybridized carbons (Fsp3) is 0.211. The minimum atomic E-state index is -0.118. The Morgan fingerprint density at radius 2 is 1.83 bits per heavy atom. The van der Waals surface area contributed by atoms with Crippen LogP contribution >= 0.6 is 15.9 Å². The Labute approximate surface area is 149 Å². The number of carbonyl (C=O) groups is 1. The summed E-state index contributed by atoms with van der Waals surface area (Å²) in [5, 5.41) is 3.81. The lowest BCUT2D eigenvalue weighted by Crippen LogP contribution is -2.31. The van der Waals surface area contributed by atoms with Crippen LogP contribution in [-0.2, 0) is 0 Å². The number of amides is 1. The van der Waals surface area contributed by atoms with Crippen LogP contribution in [0.3, 0.4) is 0 Å². The number of carbonyl (C=O) groups excluding carboxylic acids is 1. The molecule has 0 saturated heterocycles. The van der Waals surface area contributed by atoms with E-state index in [1.807, 2.05) is 67.5 Å². The van der Waals surface area contributed by atoms with E-state index in [0.29, 0.717) is 23.5 Å². The van der Waals surface area contributed by atoms with Crippen molar-refractivity contribution in [2.24, 2.45) is 0 Å². The van der Waals surface area contributed by atoms with E-state index in [0.717, 1.165) is 22.0 Å². The number of hydrogen-bond acceptors (Lipinski definition) is 3. The molecule has 1 heterocycles. The van der Waals surface area contributed by atoms with E-state index in [1.165, 1.54) is 0 Å². The Morgan fingerprint density at radius 3 is 2.58 bits per heavy atom. The summed E-state index contributed by atoms with van der Waals surface area (Å²) in [5.41, 5.74) is 2.16. The number of nitrogens with zero attached hydrogens (tertiary/aromatic N) is 1. The number of hydrogen-bond donors (Lipinski definition) is 1. The third-order valence-electron chi connectivity index (χ3n) is 3.79. The second-order valence-corrected chi connectivity index (χ2v) is 6.70. The summed E-state index contributed by atoms with van der Waals surface area (Å²) >= 11 is 3.55. The van der Waals surface area contributed by atoms with Gasteiger partial charge in [-0.15, -0.1) is 0 Å². The van der Waals surface area contributed by atoms with Crippen molar-refractivity contribution in [1.29, 1.82) is 0 Å². The van der Waals surface area contributed by atoms with Crippen molar-refractivity contribution >= 4 is 32.8 Å². The molecule has 5 heteroatoms. The lowest BCUT2D eigenvalue weighted by molar-refractivity contribution is 0.0952. The van der Waals surface area contributed by atoms with Gasteiger partial charge in [-0.05, 0) is 26.2 Å². The molecule has 2 aromatic carbocycles. The number of benzene rings is 2. The molecule has 24 heavy (non-hydrogen) atoms. The van der Waals surface area contributed by atoms with E-state index in [9.17, 15) is 4.79 Å². The number of fused-ring (bicyclic) bond motifs is 1. The largest absolute Gasteiger partial charge is 0.455 e. The van der Waals surface area contributed by atoms with Gasteiger partial charge in [-0.1, -0.05) is 52.3 Å². The molecule has 0 saturated carbocycles. The molecule has 3 rings (SSSR count). The second kappa shape index (κ2) is 7.20. The summed E-state index contributed by atoms with van der Waals surface area (Å²) in [4.78, 5) is 14.8. The average molecular weight is 387 g/mol. The molecule has 1 amide bonds. The molecule has 0 spiro atoms. The molecule has 1 N–H and O–H groups in total. The molecule has 0 atom stereocenters. The van der Waals surface area contributed by atoms with Crippen molar-refractivity contribution < 1.29 is 9.21 Å². The van der Waals surface area contributed by atoms with Crippen molar-refractivity contribution in [1.82, 2.24) is 10.2 Å². The highest BCUT2D eigenvalue weighted by Gasteiger charge is 2.22. The summed E-state index contributed by atoms with van der Waals surface area (Å²) in [6, 6.07) is 15.4. The van der Waals surface area contributed by atoms with Gasteiger partial charge in [0.25, 0.3) is 5.91 Å². The SMILES string of the molecule is CN(C)CCNC(=O)c1c(-c2ccccc2Br)oc2ccccc12. The first-order valence-corrected chi connectivity index (χ1v) is 8.56. The highest BCUT2D eigenvalue weighted by molar-refractivity contribution is 9.10. The zero-order valence-corrected chi connectivity index (χ0v) is 15.3. The normalized spacial score (nSPS) is 11.2. The Bertz CT molecular complexity index is 871. The van der Waals surface area contributed by atoms with Gasteiger partial charge in [-0.25, -0.2) is 0 Å². The van der Waals surface area contributed by atoms with Crippen molar-refractivity contribution in [2.45, 2.75) is 0 Å². The van der Waals surface area contributed by atoms with E-state index < -0.39 is 0 Å². The van der Waals surface area contributed by atoms with Gasteiger partial charge in [0.05, 0.1) is 5.56 Å². The number of para-hydroxylation sites is 1. The van der Waals surface area contributed by atoms with E-state index in [4.69, 9.17) is 4.42 Å². The number of rotatable bonds is 5. The molecule has 4 nitrogen and oxygen atoms in total. The quantitative estimate of drug-likeness (QED) is 0.715. The Balaban J connectivity index is 2.06. The monoisotopic (exact) mass is 386 g/mol. The molecule has 0 bridgehead atoms. The van der Waals surface area contributed by atoms with Crippen molar-refractivity contribution in [3.63, 3.8) is 0 Å². The van der Waals surface area contributed by atoms with E-state index in [1.54, 1.807) is 0 Å². The fourth-order valence-electron chi connectivity index (χ4n) is 2.59. The zero-order valence-electron chi connectivity index (χ0n) is 13.7. The van der Waals surface area contributed by atoms with Gasteiger partial charge in [0.2, 0.25) is 0 Å². The van der Waals surface area contributed by atoms with Crippen molar-refractivity contribution in [3.8, 4) is 11.3 Å². The molecule has 0 aliphatic carbocycles. The maximum atomic E-state index is 12.8. The lowest BCUT2D eigenvalue weighted by Gasteiger charge is -2.11. The molecule has 3 aromatic rings. The maximum absolute atomic E-state index is 12.8. The van der Waals surface area contributed by atoms with Crippen molar-refractivity contribution in [3.05, 3.63) is 58.6 Å². The number of furan rings is 1. The molecule has 124 valence electrons. The predicted molar refractivity (Wildman–Crippen MR) is 100 cm³/mol. The van der Waals surface area contributed by atoms with Gasteiger partial charge >= 0.3 is 0 Å². The first kappa shape index (κ1) is 16.7. The number of halogens is 1. The van der Waals surface area contributed by atoms with E-state index in [2.05, 4.69) is 21.2 Å². The van der Waals surface area contributed by atoms with Gasteiger partial charge in [0, 0.05) is 28.5 Å². The molecule has 1 aromatic heterocycles. The molecule has 0 aliphatic rings. The smallest absolute Gasteiger partial charge is 0.255 e. The van der Waals surface area contributed by atoms with Gasteiger partial charge in [0.1, 0.15) is 11.3 Å². The first-order chi connectivity index (χ1) is 11.6. The van der Waals surface area contributed by atoms with Gasteiger partial charge in [-0.3, -0.25) is 4.79 Å². The molecule has 0 fully saturated rings. The minimum Gasteiger partial charge on any atom is -0.455 e. The number of nitrogens with one attached hydrogen (secondary N) is 1. The van der Waals surface area contributed by atoms with Crippen LogP contribution in [0.1, 0.15) is 10.4 Å². The fourth-order valence-corrected chi connectivity index (χ4v) is 3.05. The third-order valence-corrected chi connectivity index (χ3v) is 4.48. The predicted octanol–water partition coefficient (Wildman–Crippen LogP) is 4.15. The van der Waals surface area contributed by atoms with E-state index >= 15 is 0 Å². The average Bonchev–Trinajstić information content (AvgIpc) is 2.94. The molecular weight excluding hydrogens is 368 g/mol. The Hall–Kier alpha value is -2.11. The summed E-state index contributed by atoms with van der Waals surface area (Å²) < 4.78 is 6.91. The molecule has 0 aliphatic heterocycles. The molecule has 0 radical (unpaired) electrons. The van der Waals surface area contributed by atoms with Crippen LogP contribution in [0.2, 0.25) is 0 Å². The molecule has 0 unspecified atom stereocenters. The maximum Gasteiger partial charge on any atom is 0.255 e. The third kappa shape index (κ3) is 3.37. The van der Waals surface area contributed by atoms with Crippen LogP contribution in [0, 0.1) is 0 Å². The van der Waals surface area contributed by atoms with Gasteiger partial charge in [-0.2, -0.15) is 0 Å². The minimum absolute atomic E-state index is 0.118. The van der Waals surface area contributed by atoms with Gasteiger partial charge in [0.15, 0.2) is 0 Å².